The molecule has 0 aliphatic carbocycles. The second-order valence-electron chi connectivity index (χ2n) is 4.12. The number of thioether (sulfide) groups is 1. The minimum absolute atomic E-state index is 1.22. The van der Waals surface area contributed by atoms with Gasteiger partial charge in [0.25, 0.3) is 0 Å². The summed E-state index contributed by atoms with van der Waals surface area (Å²) in [4.78, 5) is 2.57. The molecule has 0 aliphatic heterocycles. The van der Waals surface area contributed by atoms with Crippen molar-refractivity contribution in [2.75, 3.05) is 0 Å². The van der Waals surface area contributed by atoms with E-state index < -0.39 is 0 Å². The molecule has 0 aromatic heterocycles. The van der Waals surface area contributed by atoms with Crippen LogP contribution in [0.4, 0.5) is 0 Å². The Morgan fingerprint density at radius 2 is 2.00 bits per heavy atom. The van der Waals surface area contributed by atoms with E-state index in [0.29, 0.717) is 0 Å². The largest absolute Gasteiger partial charge is 0.0988 e. The fourth-order valence-corrected chi connectivity index (χ4v) is 2.57. The number of hydrogen-bond donors (Lipinski definition) is 0. The summed E-state index contributed by atoms with van der Waals surface area (Å²) < 4.78 is 0. The summed E-state index contributed by atoms with van der Waals surface area (Å²) in [5, 5.41) is 0. The number of benzene rings is 1. The van der Waals surface area contributed by atoms with E-state index in [1.165, 1.54) is 26.5 Å². The van der Waals surface area contributed by atoms with E-state index in [9.17, 15) is 0 Å². The third-order valence-corrected chi connectivity index (χ3v) is 3.92. The summed E-state index contributed by atoms with van der Waals surface area (Å²) in [7, 11) is 0. The van der Waals surface area contributed by atoms with Crippen molar-refractivity contribution in [1.29, 1.82) is 0 Å². The SMILES string of the molecule is C=C/C(C)=C(\C=C/C)Sc1ccc(C)cc1C. The third kappa shape index (κ3) is 3.94. The van der Waals surface area contributed by atoms with Crippen molar-refractivity contribution in [2.24, 2.45) is 0 Å². The highest BCUT2D eigenvalue weighted by atomic mass is 32.2. The zero-order valence-electron chi connectivity index (χ0n) is 11.1. The molecule has 0 N–H and O–H groups in total. The van der Waals surface area contributed by atoms with Crippen LogP contribution in [0.2, 0.25) is 0 Å². The summed E-state index contributed by atoms with van der Waals surface area (Å²) in [6.45, 7) is 12.3. The van der Waals surface area contributed by atoms with Gasteiger partial charge in [-0.25, -0.2) is 0 Å². The van der Waals surface area contributed by atoms with Crippen molar-refractivity contribution < 1.29 is 0 Å². The Labute approximate surface area is 109 Å². The predicted molar refractivity (Wildman–Crippen MR) is 79.5 cm³/mol. The van der Waals surface area contributed by atoms with Gasteiger partial charge in [0.2, 0.25) is 0 Å². The van der Waals surface area contributed by atoms with Gasteiger partial charge in [-0.1, -0.05) is 54.3 Å². The van der Waals surface area contributed by atoms with Crippen LogP contribution in [0.15, 0.2) is 58.4 Å². The molecular weight excluding hydrogens is 224 g/mol. The van der Waals surface area contributed by atoms with Crippen LogP contribution in [0, 0.1) is 13.8 Å². The molecule has 0 heterocycles. The molecule has 0 saturated carbocycles. The molecule has 1 rings (SSSR count). The van der Waals surface area contributed by atoms with Crippen LogP contribution in [0.1, 0.15) is 25.0 Å². The number of hydrogen-bond acceptors (Lipinski definition) is 1. The topological polar surface area (TPSA) is 0 Å². The lowest BCUT2D eigenvalue weighted by molar-refractivity contribution is 1.26. The number of aryl methyl sites for hydroxylation is 2. The van der Waals surface area contributed by atoms with Crippen LogP contribution in [-0.2, 0) is 0 Å². The smallest absolute Gasteiger partial charge is 0.0151 e. The maximum Gasteiger partial charge on any atom is 0.0151 e. The summed E-state index contributed by atoms with van der Waals surface area (Å²) in [6, 6.07) is 6.57. The molecule has 0 fully saturated rings. The van der Waals surface area contributed by atoms with Gasteiger partial charge >= 0.3 is 0 Å². The molecule has 1 heteroatoms. The normalized spacial score (nSPS) is 12.7. The van der Waals surface area contributed by atoms with Gasteiger partial charge in [-0.05, 0) is 44.9 Å². The van der Waals surface area contributed by atoms with E-state index in [-0.39, 0.29) is 0 Å². The highest BCUT2D eigenvalue weighted by molar-refractivity contribution is 8.03. The molecule has 0 unspecified atom stereocenters. The van der Waals surface area contributed by atoms with E-state index in [1.54, 1.807) is 11.8 Å². The average Bonchev–Trinajstić information content (AvgIpc) is 2.30. The van der Waals surface area contributed by atoms with Gasteiger partial charge in [-0.15, -0.1) is 0 Å². The van der Waals surface area contributed by atoms with Crippen molar-refractivity contribution in [3.05, 3.63) is 64.6 Å². The van der Waals surface area contributed by atoms with E-state index in [0.717, 1.165) is 0 Å². The maximum atomic E-state index is 3.84. The molecule has 17 heavy (non-hydrogen) atoms. The van der Waals surface area contributed by atoms with E-state index in [2.05, 4.69) is 57.7 Å². The van der Waals surface area contributed by atoms with Crippen LogP contribution in [0.25, 0.3) is 0 Å². The van der Waals surface area contributed by atoms with Crippen LogP contribution in [0.3, 0.4) is 0 Å². The van der Waals surface area contributed by atoms with Crippen LogP contribution >= 0.6 is 11.8 Å². The van der Waals surface area contributed by atoms with Crippen molar-refractivity contribution in [3.63, 3.8) is 0 Å². The first-order valence-corrected chi connectivity index (χ1v) is 6.61. The van der Waals surface area contributed by atoms with Crippen molar-refractivity contribution in [3.8, 4) is 0 Å². The average molecular weight is 244 g/mol. The van der Waals surface area contributed by atoms with Gasteiger partial charge < -0.3 is 0 Å². The van der Waals surface area contributed by atoms with Gasteiger partial charge in [0.05, 0.1) is 0 Å². The Morgan fingerprint density at radius 1 is 1.29 bits per heavy atom. The first-order chi connectivity index (χ1) is 8.08. The second kappa shape index (κ2) is 6.51. The molecule has 0 nitrogen and oxygen atoms in total. The molecule has 0 aliphatic rings. The Morgan fingerprint density at radius 3 is 2.53 bits per heavy atom. The Kier molecular flexibility index (Phi) is 5.30. The monoisotopic (exact) mass is 244 g/mol. The maximum absolute atomic E-state index is 3.84. The standard InChI is InChI=1S/C16H20S/c1-6-8-15(13(4)7-2)17-16-10-9-12(3)11-14(16)5/h6-11H,2H2,1,3-5H3/b8-6-,15-13+. The molecule has 1 aromatic carbocycles. The highest BCUT2D eigenvalue weighted by Crippen LogP contribution is 2.32. The van der Waals surface area contributed by atoms with Gasteiger partial charge in [-0.3, -0.25) is 0 Å². The Hall–Kier alpha value is -1.21. The molecule has 0 radical (unpaired) electrons. The lowest BCUT2D eigenvalue weighted by atomic mass is 10.2. The molecule has 1 aromatic rings. The highest BCUT2D eigenvalue weighted by Gasteiger charge is 2.03. The summed E-state index contributed by atoms with van der Waals surface area (Å²) in [5.74, 6) is 0. The van der Waals surface area contributed by atoms with Crippen molar-refractivity contribution in [2.45, 2.75) is 32.6 Å². The molecule has 0 spiro atoms. The minimum atomic E-state index is 1.22. The first-order valence-electron chi connectivity index (χ1n) is 5.79. The van der Waals surface area contributed by atoms with E-state index in [4.69, 9.17) is 0 Å². The van der Waals surface area contributed by atoms with Crippen LogP contribution in [0.5, 0.6) is 0 Å². The lowest BCUT2D eigenvalue weighted by Gasteiger charge is -2.09. The van der Waals surface area contributed by atoms with Gasteiger partial charge in [0.1, 0.15) is 0 Å². The minimum Gasteiger partial charge on any atom is -0.0988 e. The third-order valence-electron chi connectivity index (χ3n) is 2.56. The molecule has 0 amide bonds. The molecule has 0 saturated heterocycles. The van der Waals surface area contributed by atoms with Gasteiger partial charge in [0, 0.05) is 9.80 Å². The second-order valence-corrected chi connectivity index (χ2v) is 5.21. The fraction of sp³-hybridized carbons (Fsp3) is 0.250. The van der Waals surface area contributed by atoms with Crippen LogP contribution in [-0.4, -0.2) is 0 Å². The quantitative estimate of drug-likeness (QED) is 0.502. The summed E-state index contributed by atoms with van der Waals surface area (Å²) in [5.41, 5.74) is 3.85. The zero-order valence-corrected chi connectivity index (χ0v) is 11.9. The number of allylic oxidation sites excluding steroid dienone is 4. The molecular formula is C16H20S. The lowest BCUT2D eigenvalue weighted by Crippen LogP contribution is -1.84. The predicted octanol–water partition coefficient (Wildman–Crippen LogP) is 5.43. The number of rotatable bonds is 4. The Bertz CT molecular complexity index is 464. The summed E-state index contributed by atoms with van der Waals surface area (Å²) in [6.07, 6.45) is 6.12. The van der Waals surface area contributed by atoms with Gasteiger partial charge in [0.15, 0.2) is 0 Å². The summed E-state index contributed by atoms with van der Waals surface area (Å²) >= 11 is 1.80. The molecule has 0 bridgehead atoms. The van der Waals surface area contributed by atoms with Crippen LogP contribution < -0.4 is 0 Å². The molecule has 0 atom stereocenters. The van der Waals surface area contributed by atoms with E-state index in [1.807, 2.05) is 13.0 Å². The zero-order chi connectivity index (χ0) is 12.8. The van der Waals surface area contributed by atoms with E-state index >= 15 is 0 Å². The Balaban J connectivity index is 3.06. The molecule has 90 valence electrons. The first kappa shape index (κ1) is 13.9. The van der Waals surface area contributed by atoms with Gasteiger partial charge in [-0.2, -0.15) is 0 Å². The fourth-order valence-electron chi connectivity index (χ4n) is 1.53. The van der Waals surface area contributed by atoms with Crippen molar-refractivity contribution in [1.82, 2.24) is 0 Å². The van der Waals surface area contributed by atoms with Crippen molar-refractivity contribution >= 4 is 11.8 Å².